The fourth-order valence-electron chi connectivity index (χ4n) is 3.95. The number of hydrogen-bond acceptors (Lipinski definition) is 5. The second-order valence-electron chi connectivity index (χ2n) is 7.99. The topological polar surface area (TPSA) is 84.5 Å². The zero-order valence-electron chi connectivity index (χ0n) is 19.5. The Morgan fingerprint density at radius 1 is 0.833 bits per heavy atom. The highest BCUT2D eigenvalue weighted by atomic mass is 16.5. The highest BCUT2D eigenvalue weighted by Crippen LogP contribution is 2.32. The summed E-state index contributed by atoms with van der Waals surface area (Å²) in [7, 11) is 1.52. The summed E-state index contributed by atoms with van der Waals surface area (Å²) in [5.41, 5.74) is 2.52. The number of rotatable bonds is 7. The number of hydrogen-bond donors (Lipinski definition) is 1. The standard InChI is InChI=1S/C29H23N3O4/c1-35-26-18-20(28-30-24-15-9-8-14-23(24)29(34)31-28)16-17-25(26)36-19-27(33)32(21-10-4-2-5-11-21)22-12-6-3-7-13-22/h2-18H,19H2,1H3,(H,30,31,34). The van der Waals surface area contributed by atoms with Gasteiger partial charge in [-0.25, -0.2) is 4.98 Å². The molecule has 36 heavy (non-hydrogen) atoms. The predicted molar refractivity (Wildman–Crippen MR) is 140 cm³/mol. The normalized spacial score (nSPS) is 10.7. The molecule has 178 valence electrons. The van der Waals surface area contributed by atoms with Crippen molar-refractivity contribution in [3.05, 3.63) is 113 Å². The van der Waals surface area contributed by atoms with Crippen molar-refractivity contribution < 1.29 is 14.3 Å². The monoisotopic (exact) mass is 477 g/mol. The van der Waals surface area contributed by atoms with Crippen molar-refractivity contribution in [2.24, 2.45) is 0 Å². The van der Waals surface area contributed by atoms with Crippen molar-refractivity contribution in [1.82, 2.24) is 9.97 Å². The molecule has 1 amide bonds. The molecule has 0 saturated carbocycles. The summed E-state index contributed by atoms with van der Waals surface area (Å²) in [5.74, 6) is 0.999. The molecule has 0 aliphatic rings. The molecule has 7 nitrogen and oxygen atoms in total. The smallest absolute Gasteiger partial charge is 0.269 e. The van der Waals surface area contributed by atoms with Crippen molar-refractivity contribution in [1.29, 1.82) is 0 Å². The van der Waals surface area contributed by atoms with E-state index in [1.165, 1.54) is 7.11 Å². The van der Waals surface area contributed by atoms with E-state index in [-0.39, 0.29) is 18.1 Å². The number of carbonyl (C=O) groups is 1. The third-order valence-corrected chi connectivity index (χ3v) is 5.68. The van der Waals surface area contributed by atoms with Crippen LogP contribution in [0.4, 0.5) is 11.4 Å². The highest BCUT2D eigenvalue weighted by Gasteiger charge is 2.19. The summed E-state index contributed by atoms with van der Waals surface area (Å²) in [6, 6.07) is 31.2. The lowest BCUT2D eigenvalue weighted by Crippen LogP contribution is -2.30. The van der Waals surface area contributed by atoms with Crippen LogP contribution in [0.1, 0.15) is 0 Å². The Balaban J connectivity index is 1.40. The van der Waals surface area contributed by atoms with Crippen LogP contribution >= 0.6 is 0 Å². The lowest BCUT2D eigenvalue weighted by Gasteiger charge is -2.23. The minimum Gasteiger partial charge on any atom is -0.493 e. The molecule has 1 heterocycles. The zero-order chi connectivity index (χ0) is 24.9. The number of fused-ring (bicyclic) bond motifs is 1. The molecule has 5 rings (SSSR count). The van der Waals surface area contributed by atoms with Gasteiger partial charge in [0, 0.05) is 16.9 Å². The quantitative estimate of drug-likeness (QED) is 0.342. The molecule has 1 aromatic heterocycles. The summed E-state index contributed by atoms with van der Waals surface area (Å²) in [5, 5.41) is 0.521. The minimum absolute atomic E-state index is 0.204. The average Bonchev–Trinajstić information content (AvgIpc) is 2.93. The Hall–Kier alpha value is -4.91. The number of aromatic amines is 1. The van der Waals surface area contributed by atoms with Gasteiger partial charge in [-0.2, -0.15) is 0 Å². The fourth-order valence-corrected chi connectivity index (χ4v) is 3.95. The Morgan fingerprint density at radius 3 is 2.14 bits per heavy atom. The van der Waals surface area contributed by atoms with Gasteiger partial charge in [0.25, 0.3) is 11.5 Å². The summed E-state index contributed by atoms with van der Waals surface area (Å²) in [4.78, 5) is 34.7. The Labute approximate surface area is 207 Å². The van der Waals surface area contributed by atoms with Crippen molar-refractivity contribution in [2.75, 3.05) is 18.6 Å². The molecule has 0 bridgehead atoms. The van der Waals surface area contributed by atoms with Gasteiger partial charge in [0.1, 0.15) is 5.82 Å². The van der Waals surface area contributed by atoms with E-state index < -0.39 is 0 Å². The van der Waals surface area contributed by atoms with Crippen LogP contribution in [0.3, 0.4) is 0 Å². The first-order valence-corrected chi connectivity index (χ1v) is 11.4. The van der Waals surface area contributed by atoms with Crippen LogP contribution in [-0.2, 0) is 4.79 Å². The molecule has 5 aromatic rings. The molecule has 0 aliphatic carbocycles. The van der Waals surface area contributed by atoms with Gasteiger partial charge < -0.3 is 14.5 Å². The average molecular weight is 478 g/mol. The maximum Gasteiger partial charge on any atom is 0.269 e. The first kappa shape index (κ1) is 22.9. The second-order valence-corrected chi connectivity index (χ2v) is 7.99. The van der Waals surface area contributed by atoms with Gasteiger partial charge in [-0.1, -0.05) is 48.5 Å². The summed E-state index contributed by atoms with van der Waals surface area (Å²) in [6.45, 7) is -0.204. The van der Waals surface area contributed by atoms with Gasteiger partial charge in [-0.3, -0.25) is 14.5 Å². The maximum atomic E-state index is 13.3. The van der Waals surface area contributed by atoms with Crippen molar-refractivity contribution in [3.8, 4) is 22.9 Å². The summed E-state index contributed by atoms with van der Waals surface area (Å²) < 4.78 is 11.4. The molecule has 0 spiro atoms. The van der Waals surface area contributed by atoms with Crippen LogP contribution in [0.15, 0.2) is 108 Å². The molecule has 7 heteroatoms. The SMILES string of the molecule is COc1cc(-c2nc3ccccc3c(=O)[nH]2)ccc1OCC(=O)N(c1ccccc1)c1ccccc1. The number of carbonyl (C=O) groups excluding carboxylic acids is 1. The van der Waals surface area contributed by atoms with E-state index in [1.54, 1.807) is 41.3 Å². The second kappa shape index (κ2) is 10.1. The highest BCUT2D eigenvalue weighted by molar-refractivity contribution is 6.01. The van der Waals surface area contributed by atoms with Crippen LogP contribution in [0.25, 0.3) is 22.3 Å². The van der Waals surface area contributed by atoms with Crippen LogP contribution in [0, 0.1) is 0 Å². The number of ether oxygens (including phenoxy) is 2. The van der Waals surface area contributed by atoms with Crippen LogP contribution in [0.2, 0.25) is 0 Å². The number of benzene rings is 4. The van der Waals surface area contributed by atoms with Crippen LogP contribution < -0.4 is 19.9 Å². The molecule has 0 aliphatic heterocycles. The van der Waals surface area contributed by atoms with Crippen molar-refractivity contribution >= 4 is 28.2 Å². The lowest BCUT2D eigenvalue weighted by molar-refractivity contribution is -0.119. The molecule has 1 N–H and O–H groups in total. The Morgan fingerprint density at radius 2 is 1.47 bits per heavy atom. The number of para-hydroxylation sites is 3. The molecule has 0 fully saturated rings. The molecular formula is C29H23N3O4. The number of nitrogens with zero attached hydrogens (tertiary/aromatic N) is 2. The Bertz CT molecular complexity index is 1530. The number of H-pyrrole nitrogens is 1. The van der Waals surface area contributed by atoms with Gasteiger partial charge in [0.05, 0.1) is 18.0 Å². The zero-order valence-corrected chi connectivity index (χ0v) is 19.5. The van der Waals surface area contributed by atoms with Gasteiger partial charge in [-0.15, -0.1) is 0 Å². The molecule has 0 saturated heterocycles. The van der Waals surface area contributed by atoms with Gasteiger partial charge in [0.15, 0.2) is 18.1 Å². The predicted octanol–water partition coefficient (Wildman–Crippen LogP) is 5.34. The fraction of sp³-hybridized carbons (Fsp3) is 0.0690. The molecule has 0 unspecified atom stereocenters. The molecular weight excluding hydrogens is 454 g/mol. The third kappa shape index (κ3) is 4.67. The number of aromatic nitrogens is 2. The molecule has 0 radical (unpaired) electrons. The number of anilines is 2. The van der Waals surface area contributed by atoms with E-state index in [4.69, 9.17) is 9.47 Å². The van der Waals surface area contributed by atoms with E-state index in [1.807, 2.05) is 66.7 Å². The largest absolute Gasteiger partial charge is 0.493 e. The number of methoxy groups -OCH3 is 1. The number of amides is 1. The van der Waals surface area contributed by atoms with Crippen LogP contribution in [0.5, 0.6) is 11.5 Å². The molecule has 0 atom stereocenters. The first-order chi connectivity index (χ1) is 17.6. The molecule has 4 aromatic carbocycles. The van der Waals surface area contributed by atoms with E-state index >= 15 is 0 Å². The minimum atomic E-state index is -0.237. The summed E-state index contributed by atoms with van der Waals surface area (Å²) in [6.07, 6.45) is 0. The first-order valence-electron chi connectivity index (χ1n) is 11.4. The van der Waals surface area contributed by atoms with E-state index in [2.05, 4.69) is 9.97 Å². The van der Waals surface area contributed by atoms with E-state index in [9.17, 15) is 9.59 Å². The van der Waals surface area contributed by atoms with E-state index in [0.717, 1.165) is 11.4 Å². The van der Waals surface area contributed by atoms with E-state index in [0.29, 0.717) is 33.8 Å². The Kier molecular flexibility index (Phi) is 6.44. The van der Waals surface area contributed by atoms with Gasteiger partial charge >= 0.3 is 0 Å². The lowest BCUT2D eigenvalue weighted by atomic mass is 10.1. The third-order valence-electron chi connectivity index (χ3n) is 5.68. The maximum absolute atomic E-state index is 13.3. The van der Waals surface area contributed by atoms with Gasteiger partial charge in [-0.05, 0) is 54.6 Å². The van der Waals surface area contributed by atoms with Crippen molar-refractivity contribution in [3.63, 3.8) is 0 Å². The number of nitrogens with one attached hydrogen (secondary N) is 1. The van der Waals surface area contributed by atoms with Gasteiger partial charge in [0.2, 0.25) is 0 Å². The van der Waals surface area contributed by atoms with Crippen molar-refractivity contribution in [2.45, 2.75) is 0 Å². The van der Waals surface area contributed by atoms with Crippen LogP contribution in [-0.4, -0.2) is 29.6 Å². The summed E-state index contributed by atoms with van der Waals surface area (Å²) >= 11 is 0.